The summed E-state index contributed by atoms with van der Waals surface area (Å²) in [6, 6.07) is 5.85. The monoisotopic (exact) mass is 357 g/mol. The van der Waals surface area contributed by atoms with E-state index >= 15 is 0 Å². The second-order valence-corrected chi connectivity index (χ2v) is 5.39. The van der Waals surface area contributed by atoms with Crippen LogP contribution in [-0.4, -0.2) is 54.5 Å². The van der Waals surface area contributed by atoms with Crippen molar-refractivity contribution in [1.82, 2.24) is 10.2 Å². The maximum atomic E-state index is 11.9. The summed E-state index contributed by atoms with van der Waals surface area (Å²) in [6.07, 6.45) is 1.16. The second kappa shape index (κ2) is 10.6. The van der Waals surface area contributed by atoms with E-state index in [1.54, 1.807) is 38.4 Å². The van der Waals surface area contributed by atoms with Crippen molar-refractivity contribution in [1.29, 1.82) is 0 Å². The summed E-state index contributed by atoms with van der Waals surface area (Å²) in [5, 5.41) is 14.4. The molecule has 8 heteroatoms. The first-order valence-corrected chi connectivity index (χ1v) is 7.43. The first-order chi connectivity index (χ1) is 10.8. The van der Waals surface area contributed by atoms with Crippen LogP contribution in [0.5, 0.6) is 0 Å². The number of carbonyl (C=O) groups is 3. The third-order valence-corrected chi connectivity index (χ3v) is 3.18. The highest BCUT2D eigenvalue weighted by Gasteiger charge is 2.17. The highest BCUT2D eigenvalue weighted by Crippen LogP contribution is 2.12. The first-order valence-electron chi connectivity index (χ1n) is 7.43. The van der Waals surface area contributed by atoms with Gasteiger partial charge in [-0.05, 0) is 24.6 Å². The van der Waals surface area contributed by atoms with Crippen LogP contribution in [0.15, 0.2) is 24.3 Å². The van der Waals surface area contributed by atoms with Crippen molar-refractivity contribution in [2.75, 3.05) is 26.0 Å². The highest BCUT2D eigenvalue weighted by atomic mass is 35.5. The molecular weight excluding hydrogens is 334 g/mol. The standard InChI is InChI=1S/C16H23N3O4.ClH/c1-4-6-13(16(22)23)17-10-14(20)18-12-8-5-7-11(9-12)15(21)19(2)3;/h5,7-9,13,17H,4,6,10H2,1-3H3,(H,18,20)(H,22,23);1H. The Hall–Kier alpha value is -2.12. The minimum absolute atomic E-state index is 0. The van der Waals surface area contributed by atoms with Crippen LogP contribution in [0.2, 0.25) is 0 Å². The van der Waals surface area contributed by atoms with Gasteiger partial charge in [-0.3, -0.25) is 19.7 Å². The molecule has 1 aromatic carbocycles. The van der Waals surface area contributed by atoms with E-state index < -0.39 is 12.0 Å². The van der Waals surface area contributed by atoms with Crippen LogP contribution in [0.3, 0.4) is 0 Å². The number of anilines is 1. The zero-order valence-electron chi connectivity index (χ0n) is 14.0. The van der Waals surface area contributed by atoms with Crippen molar-refractivity contribution in [2.24, 2.45) is 0 Å². The lowest BCUT2D eigenvalue weighted by Gasteiger charge is -2.14. The lowest BCUT2D eigenvalue weighted by atomic mass is 10.1. The fraction of sp³-hybridized carbons (Fsp3) is 0.438. The van der Waals surface area contributed by atoms with Crippen molar-refractivity contribution < 1.29 is 19.5 Å². The second-order valence-electron chi connectivity index (χ2n) is 5.39. The van der Waals surface area contributed by atoms with E-state index in [1.165, 1.54) is 4.90 Å². The lowest BCUT2D eigenvalue weighted by Crippen LogP contribution is -2.41. The molecule has 0 aliphatic heterocycles. The van der Waals surface area contributed by atoms with E-state index in [0.29, 0.717) is 24.1 Å². The smallest absolute Gasteiger partial charge is 0.320 e. The molecule has 0 saturated heterocycles. The lowest BCUT2D eigenvalue weighted by molar-refractivity contribution is -0.139. The van der Waals surface area contributed by atoms with Crippen molar-refractivity contribution in [3.63, 3.8) is 0 Å². The molecule has 1 atom stereocenters. The topological polar surface area (TPSA) is 98.7 Å². The quantitative estimate of drug-likeness (QED) is 0.656. The number of rotatable bonds is 8. The van der Waals surface area contributed by atoms with E-state index in [-0.39, 0.29) is 30.8 Å². The zero-order valence-corrected chi connectivity index (χ0v) is 14.9. The molecule has 134 valence electrons. The van der Waals surface area contributed by atoms with Crippen LogP contribution in [-0.2, 0) is 9.59 Å². The van der Waals surface area contributed by atoms with Gasteiger partial charge >= 0.3 is 5.97 Å². The summed E-state index contributed by atoms with van der Waals surface area (Å²) in [5.74, 6) is -1.49. The molecule has 0 aliphatic carbocycles. The minimum Gasteiger partial charge on any atom is -0.480 e. The van der Waals surface area contributed by atoms with Crippen LogP contribution in [0.25, 0.3) is 0 Å². The largest absolute Gasteiger partial charge is 0.480 e. The fourth-order valence-corrected chi connectivity index (χ4v) is 2.01. The molecule has 3 N–H and O–H groups in total. The summed E-state index contributed by atoms with van der Waals surface area (Å²) >= 11 is 0. The summed E-state index contributed by atoms with van der Waals surface area (Å²) in [7, 11) is 3.30. The molecule has 0 fully saturated rings. The summed E-state index contributed by atoms with van der Waals surface area (Å²) in [6.45, 7) is 1.77. The molecule has 1 aromatic rings. The molecule has 1 rings (SSSR count). The first kappa shape index (κ1) is 21.9. The van der Waals surface area contributed by atoms with Gasteiger partial charge in [0, 0.05) is 25.3 Å². The van der Waals surface area contributed by atoms with Gasteiger partial charge < -0.3 is 15.3 Å². The van der Waals surface area contributed by atoms with E-state index in [4.69, 9.17) is 5.11 Å². The van der Waals surface area contributed by atoms with Gasteiger partial charge in [-0.25, -0.2) is 0 Å². The Morgan fingerprint density at radius 3 is 2.46 bits per heavy atom. The number of benzene rings is 1. The van der Waals surface area contributed by atoms with Gasteiger partial charge in [0.05, 0.1) is 6.54 Å². The van der Waals surface area contributed by atoms with Crippen LogP contribution < -0.4 is 10.6 Å². The van der Waals surface area contributed by atoms with Gasteiger partial charge in [0.15, 0.2) is 0 Å². The zero-order chi connectivity index (χ0) is 17.4. The van der Waals surface area contributed by atoms with Crippen LogP contribution in [0.4, 0.5) is 5.69 Å². The van der Waals surface area contributed by atoms with E-state index in [9.17, 15) is 14.4 Å². The molecule has 2 amide bonds. The van der Waals surface area contributed by atoms with E-state index in [0.717, 1.165) is 0 Å². The average Bonchev–Trinajstić information content (AvgIpc) is 2.50. The summed E-state index contributed by atoms with van der Waals surface area (Å²) in [5.41, 5.74) is 0.960. The van der Waals surface area contributed by atoms with Crippen molar-refractivity contribution in [2.45, 2.75) is 25.8 Å². The Balaban J connectivity index is 0.00000529. The van der Waals surface area contributed by atoms with Gasteiger partial charge in [-0.15, -0.1) is 12.4 Å². The summed E-state index contributed by atoms with van der Waals surface area (Å²) in [4.78, 5) is 36.2. The number of halogens is 1. The van der Waals surface area contributed by atoms with Crippen LogP contribution in [0.1, 0.15) is 30.1 Å². The number of nitrogens with zero attached hydrogens (tertiary/aromatic N) is 1. The van der Waals surface area contributed by atoms with Gasteiger partial charge in [0.2, 0.25) is 5.91 Å². The van der Waals surface area contributed by atoms with E-state index in [1.807, 2.05) is 6.92 Å². The number of aliphatic carboxylic acids is 1. The average molecular weight is 358 g/mol. The molecule has 0 aliphatic rings. The highest BCUT2D eigenvalue weighted by molar-refractivity contribution is 5.97. The molecule has 7 nitrogen and oxygen atoms in total. The maximum absolute atomic E-state index is 11.9. The number of carboxylic acids is 1. The molecule has 24 heavy (non-hydrogen) atoms. The Bertz CT molecular complexity index is 578. The van der Waals surface area contributed by atoms with Gasteiger partial charge in [0.1, 0.15) is 6.04 Å². The van der Waals surface area contributed by atoms with Crippen LogP contribution in [0, 0.1) is 0 Å². The molecule has 0 saturated carbocycles. The molecule has 1 unspecified atom stereocenters. The number of hydrogen-bond acceptors (Lipinski definition) is 4. The summed E-state index contributed by atoms with van der Waals surface area (Å²) < 4.78 is 0. The minimum atomic E-state index is -0.974. The number of amides is 2. The van der Waals surface area contributed by atoms with Crippen molar-refractivity contribution in [3.8, 4) is 0 Å². The Kier molecular flexibility index (Phi) is 9.68. The Labute approximate surface area is 147 Å². The maximum Gasteiger partial charge on any atom is 0.320 e. The molecule has 0 heterocycles. The number of carbonyl (C=O) groups excluding carboxylic acids is 2. The molecule has 0 spiro atoms. The molecule has 0 bridgehead atoms. The van der Waals surface area contributed by atoms with Gasteiger partial charge in [-0.2, -0.15) is 0 Å². The SMILES string of the molecule is CCCC(NCC(=O)Nc1cccc(C(=O)N(C)C)c1)C(=O)O.Cl. The normalized spacial score (nSPS) is 11.1. The third-order valence-electron chi connectivity index (χ3n) is 3.18. The number of carboxylic acid groups (broad SMARTS) is 1. The van der Waals surface area contributed by atoms with Gasteiger partial charge in [0.25, 0.3) is 5.91 Å². The fourth-order valence-electron chi connectivity index (χ4n) is 2.01. The van der Waals surface area contributed by atoms with Crippen molar-refractivity contribution >= 4 is 35.9 Å². The van der Waals surface area contributed by atoms with E-state index in [2.05, 4.69) is 10.6 Å². The predicted molar refractivity (Wildman–Crippen MR) is 94.7 cm³/mol. The predicted octanol–water partition coefficient (Wildman–Crippen LogP) is 1.59. The van der Waals surface area contributed by atoms with Crippen molar-refractivity contribution in [3.05, 3.63) is 29.8 Å². The van der Waals surface area contributed by atoms with Crippen LogP contribution >= 0.6 is 12.4 Å². The Morgan fingerprint density at radius 1 is 1.25 bits per heavy atom. The molecular formula is C16H24ClN3O4. The Morgan fingerprint density at radius 2 is 1.92 bits per heavy atom. The number of hydrogen-bond donors (Lipinski definition) is 3. The number of nitrogens with one attached hydrogen (secondary N) is 2. The van der Waals surface area contributed by atoms with Gasteiger partial charge in [-0.1, -0.05) is 19.4 Å². The molecule has 0 aromatic heterocycles. The third kappa shape index (κ3) is 6.97. The molecule has 0 radical (unpaired) electrons.